The number of hydrogen-bond donors (Lipinski definition) is 0. The summed E-state index contributed by atoms with van der Waals surface area (Å²) < 4.78 is 5.45. The zero-order valence-electron chi connectivity index (χ0n) is 12.8. The van der Waals surface area contributed by atoms with Gasteiger partial charge >= 0.3 is 0 Å². The van der Waals surface area contributed by atoms with E-state index in [0.29, 0.717) is 5.92 Å². The first-order valence-corrected chi connectivity index (χ1v) is 8.40. The average molecular weight is 309 g/mol. The smallest absolute Gasteiger partial charge is 0.0594 e. The molecule has 2 heterocycles. The standard InChI is InChI=1S/C17H25ClN2O/c1-14(15-3-2-4-16(18)11-15)12-19-6-5-17(13-19)20-7-9-21-10-8-20/h2-4,11,14,17H,5-10,12-13H2,1H3/t14-,17+/m1/s1. The minimum atomic E-state index is 0.534. The largest absolute Gasteiger partial charge is 0.379 e. The fraction of sp³-hybridized carbons (Fsp3) is 0.647. The van der Waals surface area contributed by atoms with Crippen LogP contribution in [0.4, 0.5) is 0 Å². The van der Waals surface area contributed by atoms with Crippen molar-refractivity contribution in [3.8, 4) is 0 Å². The number of ether oxygens (including phenoxy) is 1. The molecular formula is C17H25ClN2O. The Morgan fingerprint density at radius 3 is 2.86 bits per heavy atom. The van der Waals surface area contributed by atoms with Crippen LogP contribution in [0.5, 0.6) is 0 Å². The minimum absolute atomic E-state index is 0.534. The molecule has 2 aliphatic heterocycles. The Morgan fingerprint density at radius 2 is 2.10 bits per heavy atom. The Morgan fingerprint density at radius 1 is 1.29 bits per heavy atom. The predicted octanol–water partition coefficient (Wildman–Crippen LogP) is 2.85. The van der Waals surface area contributed by atoms with Crippen LogP contribution in [-0.2, 0) is 4.74 Å². The highest BCUT2D eigenvalue weighted by Gasteiger charge is 2.29. The molecule has 4 heteroatoms. The molecule has 2 aliphatic rings. The second kappa shape index (κ2) is 7.10. The first-order valence-electron chi connectivity index (χ1n) is 8.02. The highest BCUT2D eigenvalue weighted by molar-refractivity contribution is 6.30. The summed E-state index contributed by atoms with van der Waals surface area (Å²) in [7, 11) is 0. The Hall–Kier alpha value is -0.610. The lowest BCUT2D eigenvalue weighted by Crippen LogP contribution is -2.44. The summed E-state index contributed by atoms with van der Waals surface area (Å²) in [5, 5.41) is 0.840. The molecule has 2 fully saturated rings. The Balaban J connectivity index is 1.52. The second-order valence-electron chi connectivity index (χ2n) is 6.31. The lowest BCUT2D eigenvalue weighted by Gasteiger charge is -2.32. The Kier molecular flexibility index (Phi) is 5.17. The number of benzene rings is 1. The molecule has 0 radical (unpaired) electrons. The van der Waals surface area contributed by atoms with E-state index in [1.54, 1.807) is 0 Å². The van der Waals surface area contributed by atoms with E-state index in [1.807, 2.05) is 6.07 Å². The van der Waals surface area contributed by atoms with Crippen LogP contribution < -0.4 is 0 Å². The molecule has 2 atom stereocenters. The van der Waals surface area contributed by atoms with Crippen molar-refractivity contribution in [1.29, 1.82) is 0 Å². The van der Waals surface area contributed by atoms with E-state index >= 15 is 0 Å². The SMILES string of the molecule is C[C@H](CN1CC[C@H](N2CCOCC2)C1)c1cccc(Cl)c1. The van der Waals surface area contributed by atoms with E-state index in [-0.39, 0.29) is 0 Å². The first-order chi connectivity index (χ1) is 10.2. The number of nitrogens with zero attached hydrogens (tertiary/aromatic N) is 2. The van der Waals surface area contributed by atoms with Crippen LogP contribution in [0.15, 0.2) is 24.3 Å². The molecule has 1 aromatic carbocycles. The van der Waals surface area contributed by atoms with Gasteiger partial charge in [0, 0.05) is 37.2 Å². The maximum Gasteiger partial charge on any atom is 0.0594 e. The van der Waals surface area contributed by atoms with Crippen molar-refractivity contribution < 1.29 is 4.74 Å². The summed E-state index contributed by atoms with van der Waals surface area (Å²) in [4.78, 5) is 5.21. The fourth-order valence-corrected chi connectivity index (χ4v) is 3.72. The zero-order valence-corrected chi connectivity index (χ0v) is 13.6. The van der Waals surface area contributed by atoms with Gasteiger partial charge in [-0.25, -0.2) is 0 Å². The number of morpholine rings is 1. The normalized spacial score (nSPS) is 26.1. The van der Waals surface area contributed by atoms with Gasteiger partial charge in [-0.2, -0.15) is 0 Å². The minimum Gasteiger partial charge on any atom is -0.379 e. The lowest BCUT2D eigenvalue weighted by atomic mass is 10.0. The van der Waals surface area contributed by atoms with E-state index in [1.165, 1.54) is 25.1 Å². The number of halogens is 1. The van der Waals surface area contributed by atoms with E-state index in [0.717, 1.165) is 43.9 Å². The van der Waals surface area contributed by atoms with E-state index in [9.17, 15) is 0 Å². The molecule has 3 rings (SSSR count). The quantitative estimate of drug-likeness (QED) is 0.850. The fourth-order valence-electron chi connectivity index (χ4n) is 3.52. The Labute approximate surface area is 132 Å². The first kappa shape index (κ1) is 15.3. The summed E-state index contributed by atoms with van der Waals surface area (Å²) in [6.45, 7) is 9.84. The zero-order chi connectivity index (χ0) is 14.7. The highest BCUT2D eigenvalue weighted by Crippen LogP contribution is 2.23. The molecule has 0 N–H and O–H groups in total. The molecule has 0 aromatic heterocycles. The molecule has 3 nitrogen and oxygen atoms in total. The van der Waals surface area contributed by atoms with Crippen LogP contribution in [0.2, 0.25) is 5.02 Å². The highest BCUT2D eigenvalue weighted by atomic mass is 35.5. The van der Waals surface area contributed by atoms with E-state index in [2.05, 4.69) is 34.9 Å². The monoisotopic (exact) mass is 308 g/mol. The van der Waals surface area contributed by atoms with Crippen molar-refractivity contribution in [1.82, 2.24) is 9.80 Å². The van der Waals surface area contributed by atoms with Crippen LogP contribution in [-0.4, -0.2) is 61.8 Å². The second-order valence-corrected chi connectivity index (χ2v) is 6.74. The summed E-state index contributed by atoms with van der Waals surface area (Å²) in [6.07, 6.45) is 1.29. The molecule has 21 heavy (non-hydrogen) atoms. The summed E-state index contributed by atoms with van der Waals surface area (Å²) in [5.41, 5.74) is 1.34. The van der Waals surface area contributed by atoms with Gasteiger partial charge in [-0.1, -0.05) is 30.7 Å². The topological polar surface area (TPSA) is 15.7 Å². The summed E-state index contributed by atoms with van der Waals surface area (Å²) in [6, 6.07) is 9.00. The molecule has 0 aliphatic carbocycles. The van der Waals surface area contributed by atoms with E-state index < -0.39 is 0 Å². The molecule has 2 saturated heterocycles. The van der Waals surface area contributed by atoms with Gasteiger partial charge in [0.1, 0.15) is 0 Å². The van der Waals surface area contributed by atoms with Crippen molar-refractivity contribution in [2.24, 2.45) is 0 Å². The van der Waals surface area contributed by atoms with Gasteiger partial charge in [-0.05, 0) is 36.6 Å². The van der Waals surface area contributed by atoms with Crippen LogP contribution in [0, 0.1) is 0 Å². The van der Waals surface area contributed by atoms with Crippen LogP contribution in [0.25, 0.3) is 0 Å². The lowest BCUT2D eigenvalue weighted by molar-refractivity contribution is 0.0184. The van der Waals surface area contributed by atoms with Crippen LogP contribution in [0.3, 0.4) is 0 Å². The van der Waals surface area contributed by atoms with Crippen molar-refractivity contribution in [3.05, 3.63) is 34.9 Å². The summed E-state index contributed by atoms with van der Waals surface area (Å²) >= 11 is 6.10. The van der Waals surface area contributed by atoms with Gasteiger partial charge in [-0.15, -0.1) is 0 Å². The molecule has 0 unspecified atom stereocenters. The van der Waals surface area contributed by atoms with Gasteiger partial charge in [0.05, 0.1) is 13.2 Å². The molecule has 116 valence electrons. The molecule has 0 spiro atoms. The number of hydrogen-bond acceptors (Lipinski definition) is 3. The van der Waals surface area contributed by atoms with Crippen molar-refractivity contribution >= 4 is 11.6 Å². The molecular weight excluding hydrogens is 284 g/mol. The predicted molar refractivity (Wildman–Crippen MR) is 87.1 cm³/mol. The maximum absolute atomic E-state index is 6.10. The van der Waals surface area contributed by atoms with Crippen LogP contribution in [0.1, 0.15) is 24.8 Å². The number of likely N-dealkylation sites (tertiary alicyclic amines) is 1. The van der Waals surface area contributed by atoms with Crippen molar-refractivity contribution in [2.75, 3.05) is 45.9 Å². The van der Waals surface area contributed by atoms with Crippen LogP contribution >= 0.6 is 11.6 Å². The number of rotatable bonds is 4. The molecule has 1 aromatic rings. The third-order valence-corrected chi connectivity index (χ3v) is 4.99. The summed E-state index contributed by atoms with van der Waals surface area (Å²) in [5.74, 6) is 0.534. The van der Waals surface area contributed by atoms with Gasteiger partial charge in [0.25, 0.3) is 0 Å². The van der Waals surface area contributed by atoms with Gasteiger partial charge in [0.15, 0.2) is 0 Å². The maximum atomic E-state index is 6.10. The van der Waals surface area contributed by atoms with Crippen molar-refractivity contribution in [3.63, 3.8) is 0 Å². The van der Waals surface area contributed by atoms with Crippen molar-refractivity contribution in [2.45, 2.75) is 25.3 Å². The average Bonchev–Trinajstić information content (AvgIpc) is 2.97. The van der Waals surface area contributed by atoms with Gasteiger partial charge in [-0.3, -0.25) is 4.90 Å². The molecule has 0 amide bonds. The third-order valence-electron chi connectivity index (χ3n) is 4.76. The third kappa shape index (κ3) is 3.98. The van der Waals surface area contributed by atoms with Gasteiger partial charge < -0.3 is 9.64 Å². The molecule has 0 bridgehead atoms. The Bertz CT molecular complexity index is 462. The van der Waals surface area contributed by atoms with Gasteiger partial charge in [0.2, 0.25) is 0 Å². The molecule has 0 saturated carbocycles. The van der Waals surface area contributed by atoms with E-state index in [4.69, 9.17) is 16.3 Å².